The lowest BCUT2D eigenvalue weighted by atomic mass is 10.4. The Balaban J connectivity index is 0.000000363. The molecular formula is C20H36N4O8S4. The average molecular weight is 589 g/mol. The summed E-state index contributed by atoms with van der Waals surface area (Å²) in [4.78, 5) is 5.14. The minimum Gasteiger partial charge on any atom is -0.359 e. The van der Waals surface area contributed by atoms with E-state index in [0.29, 0.717) is 51.4 Å². The topological polar surface area (TPSA) is 209 Å². The summed E-state index contributed by atoms with van der Waals surface area (Å²) in [5.41, 5.74) is 17.6. The van der Waals surface area contributed by atoms with Crippen LogP contribution in [0.4, 0.5) is 0 Å². The summed E-state index contributed by atoms with van der Waals surface area (Å²) in [6, 6.07) is 0. The van der Waals surface area contributed by atoms with Gasteiger partial charge in [0.25, 0.3) is 39.3 Å². The quantitative estimate of drug-likeness (QED) is 0.177. The first-order valence-electron chi connectivity index (χ1n) is 12.1. The molecule has 0 aliphatic heterocycles. The number of unbranched alkanes of at least 4 members (excludes halogenated alkanes) is 2. The first-order chi connectivity index (χ1) is 16.7. The van der Waals surface area contributed by atoms with E-state index in [1.165, 1.54) is 0 Å². The van der Waals surface area contributed by atoms with Gasteiger partial charge in [-0.15, -0.1) is 9.58 Å². The second-order valence-electron chi connectivity index (χ2n) is 8.98. The Morgan fingerprint density at radius 3 is 1.17 bits per heavy atom. The summed E-state index contributed by atoms with van der Waals surface area (Å²) in [5, 5.41) is -1.43. The molecule has 0 amide bonds. The van der Waals surface area contributed by atoms with E-state index in [1.807, 2.05) is 0 Å². The third-order valence-corrected chi connectivity index (χ3v) is 15.8. The fraction of sp³-hybridized carbons (Fsp3) is 0.900. The van der Waals surface area contributed by atoms with Crippen molar-refractivity contribution < 1.29 is 43.3 Å². The Bertz CT molecular complexity index is 1190. The molecule has 16 heteroatoms. The molecule has 0 unspecified atom stereocenters. The van der Waals surface area contributed by atoms with Crippen molar-refractivity contribution in [2.24, 2.45) is 0 Å². The van der Waals surface area contributed by atoms with Crippen molar-refractivity contribution >= 4 is 48.1 Å². The van der Waals surface area contributed by atoms with E-state index in [9.17, 15) is 33.7 Å². The maximum atomic E-state index is 12.3. The first-order valence-corrected chi connectivity index (χ1v) is 18.5. The Morgan fingerprint density at radius 1 is 0.611 bits per heavy atom. The van der Waals surface area contributed by atoms with Crippen molar-refractivity contribution in [2.75, 3.05) is 11.5 Å². The summed E-state index contributed by atoms with van der Waals surface area (Å²) in [6.45, 7) is 3.58. The van der Waals surface area contributed by atoms with Crippen molar-refractivity contribution in [3.63, 3.8) is 0 Å². The van der Waals surface area contributed by atoms with Gasteiger partial charge in [0.05, 0.1) is 22.0 Å². The molecule has 2 saturated carbocycles. The summed E-state index contributed by atoms with van der Waals surface area (Å²) in [7, 11) is -16.1. The van der Waals surface area contributed by atoms with Gasteiger partial charge in [-0.1, -0.05) is 52.4 Å². The Hall–Kier alpha value is -1.44. The molecule has 0 heterocycles. The van der Waals surface area contributed by atoms with Crippen LogP contribution in [0.25, 0.3) is 11.1 Å². The Kier molecular flexibility index (Phi) is 12.6. The molecule has 0 radical (unpaired) electrons. The van der Waals surface area contributed by atoms with E-state index < -0.39 is 58.6 Å². The van der Waals surface area contributed by atoms with Crippen LogP contribution in [-0.2, 0) is 39.3 Å². The molecule has 0 bridgehead atoms. The van der Waals surface area contributed by atoms with Crippen LogP contribution in [0, 0.1) is 0 Å². The Labute approximate surface area is 214 Å². The van der Waals surface area contributed by atoms with Gasteiger partial charge >= 0.3 is 8.75 Å². The summed E-state index contributed by atoms with van der Waals surface area (Å²) in [6.07, 6.45) is 6.78. The maximum Gasteiger partial charge on any atom is 0.495 e. The highest BCUT2D eigenvalue weighted by Crippen LogP contribution is 2.31. The number of sulfone groups is 4. The van der Waals surface area contributed by atoms with E-state index in [1.54, 1.807) is 13.8 Å². The molecule has 0 aromatic rings. The van der Waals surface area contributed by atoms with Gasteiger partial charge in [0.2, 0.25) is 0 Å². The standard InChI is InChI=1S/C11H18N2O4S2.C9H18N2O4S2/c12-13-11(18(14,15)9-5-1-2-6-9)19(16,17)10-7-3-4-8-10;1-3-5-7-16(12,13)9(11-10)17(14,15)8-6-4-2/h9-10H,1-8H2;3-8H2,1-2H3. The third-order valence-electron chi connectivity index (χ3n) is 6.20. The fourth-order valence-corrected chi connectivity index (χ4v) is 12.9. The third kappa shape index (κ3) is 8.29. The van der Waals surface area contributed by atoms with E-state index in [-0.39, 0.29) is 11.5 Å². The molecule has 0 aromatic carbocycles. The monoisotopic (exact) mass is 588 g/mol. The van der Waals surface area contributed by atoms with Crippen molar-refractivity contribution in [3.05, 3.63) is 11.1 Å². The highest BCUT2D eigenvalue weighted by molar-refractivity contribution is 8.31. The van der Waals surface area contributed by atoms with Crippen LogP contribution in [0.15, 0.2) is 0 Å². The predicted molar refractivity (Wildman–Crippen MR) is 137 cm³/mol. The SMILES string of the molecule is CCCCS(=O)(=O)C(=[N+]=[N-])S(=O)(=O)CCCC.[N-]=[N+]=C(S(=O)(=O)C1CCCC1)S(=O)(=O)C1CCCC1. The molecular weight excluding hydrogens is 553 g/mol. The lowest BCUT2D eigenvalue weighted by Gasteiger charge is -2.10. The maximum absolute atomic E-state index is 12.3. The van der Waals surface area contributed by atoms with E-state index >= 15 is 0 Å². The smallest absolute Gasteiger partial charge is 0.359 e. The second kappa shape index (κ2) is 13.9. The molecule has 12 nitrogen and oxygen atoms in total. The summed E-state index contributed by atoms with van der Waals surface area (Å²) < 4.78 is 93.7. The van der Waals surface area contributed by atoms with Gasteiger partial charge in [0.15, 0.2) is 0 Å². The van der Waals surface area contributed by atoms with Crippen LogP contribution < -0.4 is 0 Å². The second-order valence-corrected chi connectivity index (χ2v) is 17.8. The van der Waals surface area contributed by atoms with Crippen LogP contribution in [-0.4, -0.2) is 74.0 Å². The number of hydrogen-bond donors (Lipinski definition) is 0. The number of nitrogens with zero attached hydrogens (tertiary/aromatic N) is 4. The van der Waals surface area contributed by atoms with Crippen molar-refractivity contribution in [3.8, 4) is 0 Å². The minimum absolute atomic E-state index is 0.311. The zero-order valence-electron chi connectivity index (χ0n) is 20.7. The van der Waals surface area contributed by atoms with E-state index in [4.69, 9.17) is 11.1 Å². The highest BCUT2D eigenvalue weighted by Gasteiger charge is 2.50. The molecule has 2 aliphatic carbocycles. The highest BCUT2D eigenvalue weighted by atomic mass is 32.3. The lowest BCUT2D eigenvalue weighted by molar-refractivity contribution is 0.00341. The minimum atomic E-state index is -4.03. The van der Waals surface area contributed by atoms with Crippen molar-refractivity contribution in [1.29, 1.82) is 0 Å². The van der Waals surface area contributed by atoms with Crippen molar-refractivity contribution in [2.45, 2.75) is 101 Å². The molecule has 2 rings (SSSR count). The molecule has 0 saturated heterocycles. The van der Waals surface area contributed by atoms with Gasteiger partial charge in [0.1, 0.15) is 0 Å². The van der Waals surface area contributed by atoms with Crippen LogP contribution in [0.5, 0.6) is 0 Å². The van der Waals surface area contributed by atoms with Gasteiger partial charge < -0.3 is 11.1 Å². The molecule has 0 spiro atoms. The fourth-order valence-electron chi connectivity index (χ4n) is 4.12. The molecule has 36 heavy (non-hydrogen) atoms. The Morgan fingerprint density at radius 2 is 0.917 bits per heavy atom. The summed E-state index contributed by atoms with van der Waals surface area (Å²) in [5.74, 6) is -0.623. The first kappa shape index (κ1) is 32.6. The normalized spacial score (nSPS) is 17.6. The number of hydrogen-bond acceptors (Lipinski definition) is 8. The van der Waals surface area contributed by atoms with Gasteiger partial charge in [-0.05, 0) is 38.5 Å². The summed E-state index contributed by atoms with van der Waals surface area (Å²) >= 11 is 0. The zero-order valence-corrected chi connectivity index (χ0v) is 24.0. The average Bonchev–Trinajstić information content (AvgIpc) is 3.52. The molecule has 0 atom stereocenters. The van der Waals surface area contributed by atoms with Crippen LogP contribution >= 0.6 is 0 Å². The van der Waals surface area contributed by atoms with Crippen molar-refractivity contribution in [1.82, 2.24) is 0 Å². The van der Waals surface area contributed by atoms with Crippen LogP contribution in [0.2, 0.25) is 0 Å². The molecule has 2 aliphatic rings. The van der Waals surface area contributed by atoms with Gasteiger partial charge in [0, 0.05) is 0 Å². The number of rotatable bonds is 8. The van der Waals surface area contributed by atoms with Crippen LogP contribution in [0.3, 0.4) is 0 Å². The van der Waals surface area contributed by atoms with Gasteiger partial charge in [-0.3, -0.25) is 0 Å². The van der Waals surface area contributed by atoms with Gasteiger partial charge in [-0.25, -0.2) is 33.7 Å². The molecule has 208 valence electrons. The largest absolute Gasteiger partial charge is 0.495 e. The van der Waals surface area contributed by atoms with E-state index in [2.05, 4.69) is 9.58 Å². The molecule has 0 N–H and O–H groups in total. The lowest BCUT2D eigenvalue weighted by Crippen LogP contribution is -2.37. The van der Waals surface area contributed by atoms with Crippen LogP contribution in [0.1, 0.15) is 90.9 Å². The molecule has 0 aromatic heterocycles. The predicted octanol–water partition coefficient (Wildman–Crippen LogP) is 2.29. The molecule has 2 fully saturated rings. The van der Waals surface area contributed by atoms with Gasteiger partial charge in [-0.2, -0.15) is 0 Å². The zero-order chi connectivity index (χ0) is 27.6. The van der Waals surface area contributed by atoms with E-state index in [0.717, 1.165) is 25.7 Å².